The molecule has 1 aliphatic heterocycles. The predicted molar refractivity (Wildman–Crippen MR) is 79.7 cm³/mol. The Balaban J connectivity index is 0.00000180. The smallest absolute Gasteiger partial charge is 0.243 e. The standard InChI is InChI=1S/C12H17ClN2O2S.ClH/c1-9-11(13)4-3-5-12(9)18(16,17)15(2)10-6-7-14-8-10;/h3-5,10,14H,6-8H2,1-2H3;1H. The number of rotatable bonds is 3. The van der Waals surface area contributed by atoms with Gasteiger partial charge in [0.1, 0.15) is 0 Å². The molecule has 0 amide bonds. The highest BCUT2D eigenvalue weighted by Crippen LogP contribution is 2.26. The van der Waals surface area contributed by atoms with E-state index < -0.39 is 10.0 Å². The van der Waals surface area contributed by atoms with Crippen molar-refractivity contribution in [2.45, 2.75) is 24.3 Å². The summed E-state index contributed by atoms with van der Waals surface area (Å²) in [5, 5.41) is 3.65. The van der Waals surface area contributed by atoms with Crippen LogP contribution >= 0.6 is 24.0 Å². The highest BCUT2D eigenvalue weighted by molar-refractivity contribution is 7.89. The van der Waals surface area contributed by atoms with Crippen LogP contribution in [0.4, 0.5) is 0 Å². The molecule has 19 heavy (non-hydrogen) atoms. The zero-order valence-corrected chi connectivity index (χ0v) is 13.3. The molecule has 1 aromatic carbocycles. The molecule has 1 heterocycles. The monoisotopic (exact) mass is 324 g/mol. The largest absolute Gasteiger partial charge is 0.315 e. The zero-order chi connectivity index (χ0) is 13.3. The van der Waals surface area contributed by atoms with Crippen LogP contribution in [-0.2, 0) is 10.0 Å². The number of nitrogens with zero attached hydrogens (tertiary/aromatic N) is 1. The molecule has 108 valence electrons. The molecule has 1 saturated heterocycles. The van der Waals surface area contributed by atoms with Crippen LogP contribution in [0.1, 0.15) is 12.0 Å². The molecule has 1 N–H and O–H groups in total. The lowest BCUT2D eigenvalue weighted by Gasteiger charge is -2.24. The first kappa shape index (κ1) is 16.7. The highest BCUT2D eigenvalue weighted by atomic mass is 35.5. The van der Waals surface area contributed by atoms with Gasteiger partial charge in [-0.3, -0.25) is 0 Å². The van der Waals surface area contributed by atoms with Crippen molar-refractivity contribution < 1.29 is 8.42 Å². The summed E-state index contributed by atoms with van der Waals surface area (Å²) in [6, 6.07) is 5.00. The molecule has 1 aromatic rings. The Hall–Kier alpha value is -0.330. The molecule has 1 unspecified atom stereocenters. The van der Waals surface area contributed by atoms with E-state index in [9.17, 15) is 8.42 Å². The summed E-state index contributed by atoms with van der Waals surface area (Å²) >= 11 is 5.99. The summed E-state index contributed by atoms with van der Waals surface area (Å²) in [5.74, 6) is 0. The lowest BCUT2D eigenvalue weighted by molar-refractivity contribution is 0.387. The summed E-state index contributed by atoms with van der Waals surface area (Å²) in [7, 11) is -1.83. The fourth-order valence-corrected chi connectivity index (χ4v) is 4.03. The third kappa shape index (κ3) is 3.23. The third-order valence-corrected chi connectivity index (χ3v) is 5.89. The Bertz CT molecular complexity index is 543. The van der Waals surface area contributed by atoms with Crippen LogP contribution in [0.2, 0.25) is 5.02 Å². The first-order valence-electron chi connectivity index (χ1n) is 5.88. The summed E-state index contributed by atoms with van der Waals surface area (Å²) in [5.41, 5.74) is 0.608. The Morgan fingerprint density at radius 3 is 2.68 bits per heavy atom. The molecule has 0 aromatic heterocycles. The lowest BCUT2D eigenvalue weighted by Crippen LogP contribution is -2.38. The first-order chi connectivity index (χ1) is 8.44. The number of benzene rings is 1. The van der Waals surface area contributed by atoms with Crippen LogP contribution in [0.25, 0.3) is 0 Å². The van der Waals surface area contributed by atoms with Crippen LogP contribution in [0.3, 0.4) is 0 Å². The number of nitrogens with one attached hydrogen (secondary N) is 1. The van der Waals surface area contributed by atoms with Gasteiger partial charge in [0.2, 0.25) is 10.0 Å². The second kappa shape index (κ2) is 6.41. The molecule has 2 rings (SSSR count). The molecular formula is C12H18Cl2N2O2S. The van der Waals surface area contributed by atoms with Gasteiger partial charge in [-0.05, 0) is 37.6 Å². The number of hydrogen-bond acceptors (Lipinski definition) is 3. The van der Waals surface area contributed by atoms with Crippen molar-refractivity contribution in [2.24, 2.45) is 0 Å². The Morgan fingerprint density at radius 1 is 1.42 bits per heavy atom. The molecular weight excluding hydrogens is 307 g/mol. The maximum absolute atomic E-state index is 12.5. The maximum Gasteiger partial charge on any atom is 0.243 e. The van der Waals surface area contributed by atoms with Gasteiger partial charge in [0, 0.05) is 24.7 Å². The summed E-state index contributed by atoms with van der Waals surface area (Å²) in [4.78, 5) is 0.296. The molecule has 0 radical (unpaired) electrons. The topological polar surface area (TPSA) is 49.4 Å². The highest BCUT2D eigenvalue weighted by Gasteiger charge is 2.31. The van der Waals surface area contributed by atoms with E-state index in [-0.39, 0.29) is 18.4 Å². The number of sulfonamides is 1. The van der Waals surface area contributed by atoms with Crippen LogP contribution in [0, 0.1) is 6.92 Å². The van der Waals surface area contributed by atoms with E-state index in [0.717, 1.165) is 13.0 Å². The SMILES string of the molecule is Cc1c(Cl)cccc1S(=O)(=O)N(C)C1CCNC1.Cl. The quantitative estimate of drug-likeness (QED) is 0.925. The van der Waals surface area contributed by atoms with E-state index in [2.05, 4.69) is 5.32 Å². The van der Waals surface area contributed by atoms with Gasteiger partial charge in [-0.1, -0.05) is 17.7 Å². The normalized spacial score (nSPS) is 19.5. The van der Waals surface area contributed by atoms with Gasteiger partial charge in [-0.25, -0.2) is 8.42 Å². The molecule has 4 nitrogen and oxygen atoms in total. The third-order valence-electron chi connectivity index (χ3n) is 3.42. The zero-order valence-electron chi connectivity index (χ0n) is 10.9. The predicted octanol–water partition coefficient (Wildman–Crippen LogP) is 2.05. The van der Waals surface area contributed by atoms with E-state index >= 15 is 0 Å². The van der Waals surface area contributed by atoms with E-state index in [0.29, 0.717) is 22.0 Å². The molecule has 0 spiro atoms. The summed E-state index contributed by atoms with van der Waals surface area (Å²) in [6.45, 7) is 3.30. The summed E-state index contributed by atoms with van der Waals surface area (Å²) in [6.07, 6.45) is 0.843. The van der Waals surface area contributed by atoms with E-state index in [4.69, 9.17) is 11.6 Å². The Morgan fingerprint density at radius 2 is 2.11 bits per heavy atom. The minimum atomic E-state index is -3.47. The average Bonchev–Trinajstić information content (AvgIpc) is 2.85. The van der Waals surface area contributed by atoms with Gasteiger partial charge >= 0.3 is 0 Å². The van der Waals surface area contributed by atoms with Crippen molar-refractivity contribution in [3.05, 3.63) is 28.8 Å². The molecule has 1 fully saturated rings. The molecule has 1 atom stereocenters. The van der Waals surface area contributed by atoms with Crippen molar-refractivity contribution in [2.75, 3.05) is 20.1 Å². The average molecular weight is 325 g/mol. The van der Waals surface area contributed by atoms with Crippen molar-refractivity contribution in [3.63, 3.8) is 0 Å². The van der Waals surface area contributed by atoms with Crippen molar-refractivity contribution in [1.29, 1.82) is 0 Å². The molecule has 0 saturated carbocycles. The first-order valence-corrected chi connectivity index (χ1v) is 7.70. The van der Waals surface area contributed by atoms with E-state index in [1.807, 2.05) is 0 Å². The second-order valence-electron chi connectivity index (χ2n) is 4.53. The fourth-order valence-electron chi connectivity index (χ4n) is 2.17. The second-order valence-corrected chi connectivity index (χ2v) is 6.90. The van der Waals surface area contributed by atoms with Gasteiger partial charge in [0.25, 0.3) is 0 Å². The van der Waals surface area contributed by atoms with E-state index in [1.54, 1.807) is 32.2 Å². The number of halogens is 2. The van der Waals surface area contributed by atoms with Gasteiger partial charge < -0.3 is 5.32 Å². The number of likely N-dealkylation sites (N-methyl/N-ethyl adjacent to an activating group) is 1. The van der Waals surface area contributed by atoms with Crippen LogP contribution in [-0.4, -0.2) is 38.9 Å². The fraction of sp³-hybridized carbons (Fsp3) is 0.500. The minimum Gasteiger partial charge on any atom is -0.315 e. The van der Waals surface area contributed by atoms with Crippen LogP contribution < -0.4 is 5.32 Å². The Labute approximate surface area is 125 Å². The Kier molecular flexibility index (Phi) is 5.65. The van der Waals surface area contributed by atoms with Gasteiger partial charge in [-0.15, -0.1) is 12.4 Å². The maximum atomic E-state index is 12.5. The van der Waals surface area contributed by atoms with Crippen LogP contribution in [0.15, 0.2) is 23.1 Å². The van der Waals surface area contributed by atoms with E-state index in [1.165, 1.54) is 4.31 Å². The van der Waals surface area contributed by atoms with Crippen molar-refractivity contribution in [3.8, 4) is 0 Å². The molecule has 0 aliphatic carbocycles. The molecule has 1 aliphatic rings. The van der Waals surface area contributed by atoms with Crippen molar-refractivity contribution >= 4 is 34.0 Å². The minimum absolute atomic E-state index is 0. The molecule has 7 heteroatoms. The lowest BCUT2D eigenvalue weighted by atomic mass is 10.2. The van der Waals surface area contributed by atoms with Crippen molar-refractivity contribution in [1.82, 2.24) is 9.62 Å². The number of hydrogen-bond donors (Lipinski definition) is 1. The van der Waals surface area contributed by atoms with Gasteiger partial charge in [0.05, 0.1) is 4.90 Å². The van der Waals surface area contributed by atoms with Crippen LogP contribution in [0.5, 0.6) is 0 Å². The molecule has 0 bridgehead atoms. The summed E-state index contributed by atoms with van der Waals surface area (Å²) < 4.78 is 26.5. The van der Waals surface area contributed by atoms with Gasteiger partial charge in [-0.2, -0.15) is 4.31 Å². The van der Waals surface area contributed by atoms with Gasteiger partial charge in [0.15, 0.2) is 0 Å².